The summed E-state index contributed by atoms with van der Waals surface area (Å²) in [7, 11) is 0. The van der Waals surface area contributed by atoms with Crippen molar-refractivity contribution in [2.45, 2.75) is 31.7 Å². The van der Waals surface area contributed by atoms with Gasteiger partial charge in [-0.05, 0) is 42.2 Å². The highest BCUT2D eigenvalue weighted by Gasteiger charge is 2.27. The molecule has 0 bridgehead atoms. The zero-order chi connectivity index (χ0) is 14.6. The molecule has 0 spiro atoms. The van der Waals surface area contributed by atoms with E-state index in [0.717, 1.165) is 24.0 Å². The van der Waals surface area contributed by atoms with Crippen LogP contribution < -0.4 is 5.73 Å². The molecule has 0 amide bonds. The third kappa shape index (κ3) is 3.38. The molecule has 0 aliphatic heterocycles. The van der Waals surface area contributed by atoms with Gasteiger partial charge in [0, 0.05) is 10.6 Å². The summed E-state index contributed by atoms with van der Waals surface area (Å²) in [5, 5.41) is 0.563. The summed E-state index contributed by atoms with van der Waals surface area (Å²) in [4.78, 5) is 0. The van der Waals surface area contributed by atoms with E-state index >= 15 is 0 Å². The molecular formula is C17H19ClFN. The van der Waals surface area contributed by atoms with Gasteiger partial charge in [0.25, 0.3) is 0 Å². The Morgan fingerprint density at radius 1 is 1.15 bits per heavy atom. The number of halogens is 2. The highest BCUT2D eigenvalue weighted by atomic mass is 35.5. The first kappa shape index (κ1) is 15.0. The molecule has 0 fully saturated rings. The van der Waals surface area contributed by atoms with Crippen LogP contribution in [0.2, 0.25) is 5.02 Å². The van der Waals surface area contributed by atoms with Crippen molar-refractivity contribution < 1.29 is 4.39 Å². The summed E-state index contributed by atoms with van der Waals surface area (Å²) in [6, 6.07) is 14.4. The van der Waals surface area contributed by atoms with E-state index in [1.54, 1.807) is 6.07 Å². The van der Waals surface area contributed by atoms with Crippen LogP contribution in [0.4, 0.5) is 4.39 Å². The maximum atomic E-state index is 13.4. The van der Waals surface area contributed by atoms with E-state index in [1.807, 2.05) is 30.3 Å². The fourth-order valence-corrected chi connectivity index (χ4v) is 2.75. The standard InChI is InChI=1S/C17H19ClFN/c1-2-10-17(20,14-6-4-3-5-7-14)12-13-11-15(19)8-9-16(13)18/h3-9,11H,2,10,12,20H2,1H3. The predicted octanol–water partition coefficient (Wildman–Crippen LogP) is 4.68. The fraction of sp³-hybridized carbons (Fsp3) is 0.294. The number of rotatable bonds is 5. The topological polar surface area (TPSA) is 26.0 Å². The average Bonchev–Trinajstić information content (AvgIpc) is 2.44. The Bertz CT molecular complexity index is 570. The van der Waals surface area contributed by atoms with Crippen LogP contribution in [0.1, 0.15) is 30.9 Å². The van der Waals surface area contributed by atoms with E-state index in [1.165, 1.54) is 12.1 Å². The van der Waals surface area contributed by atoms with E-state index in [4.69, 9.17) is 17.3 Å². The molecule has 0 saturated heterocycles. The van der Waals surface area contributed by atoms with E-state index in [2.05, 4.69) is 6.92 Å². The largest absolute Gasteiger partial charge is 0.321 e. The SMILES string of the molecule is CCCC(N)(Cc1cc(F)ccc1Cl)c1ccccc1. The number of benzene rings is 2. The molecule has 20 heavy (non-hydrogen) atoms. The van der Waals surface area contributed by atoms with E-state index in [-0.39, 0.29) is 5.82 Å². The van der Waals surface area contributed by atoms with Crippen LogP contribution in [0.5, 0.6) is 0 Å². The second-order valence-corrected chi connectivity index (χ2v) is 5.59. The zero-order valence-electron chi connectivity index (χ0n) is 11.6. The summed E-state index contributed by atoms with van der Waals surface area (Å²) in [6.07, 6.45) is 2.31. The Morgan fingerprint density at radius 2 is 1.85 bits per heavy atom. The van der Waals surface area contributed by atoms with Gasteiger partial charge in [-0.2, -0.15) is 0 Å². The van der Waals surface area contributed by atoms with Crippen LogP contribution in [0.3, 0.4) is 0 Å². The third-order valence-corrected chi connectivity index (χ3v) is 3.93. The Hall–Kier alpha value is -1.38. The second kappa shape index (κ2) is 6.38. The van der Waals surface area contributed by atoms with Gasteiger partial charge in [0.05, 0.1) is 0 Å². The van der Waals surface area contributed by atoms with Gasteiger partial charge in [0.2, 0.25) is 0 Å². The van der Waals surface area contributed by atoms with Crippen LogP contribution in [0.25, 0.3) is 0 Å². The van der Waals surface area contributed by atoms with Gasteiger partial charge < -0.3 is 5.73 Å². The molecule has 0 heterocycles. The molecule has 0 aliphatic rings. The molecule has 2 aromatic rings. The van der Waals surface area contributed by atoms with Crippen molar-refractivity contribution in [3.63, 3.8) is 0 Å². The lowest BCUT2D eigenvalue weighted by Gasteiger charge is -2.30. The van der Waals surface area contributed by atoms with Gasteiger partial charge in [-0.15, -0.1) is 0 Å². The molecule has 1 nitrogen and oxygen atoms in total. The average molecular weight is 292 g/mol. The highest BCUT2D eigenvalue weighted by Crippen LogP contribution is 2.31. The summed E-state index contributed by atoms with van der Waals surface area (Å²) in [5.74, 6) is -0.281. The smallest absolute Gasteiger partial charge is 0.123 e. The maximum Gasteiger partial charge on any atom is 0.123 e. The minimum absolute atomic E-state index is 0.281. The molecule has 2 N–H and O–H groups in total. The lowest BCUT2D eigenvalue weighted by molar-refractivity contribution is 0.400. The predicted molar refractivity (Wildman–Crippen MR) is 82.3 cm³/mol. The van der Waals surface area contributed by atoms with Crippen molar-refractivity contribution in [3.05, 3.63) is 70.5 Å². The third-order valence-electron chi connectivity index (χ3n) is 3.56. The lowest BCUT2D eigenvalue weighted by atomic mass is 9.81. The van der Waals surface area contributed by atoms with Crippen LogP contribution >= 0.6 is 11.6 Å². The van der Waals surface area contributed by atoms with Gasteiger partial charge in [-0.3, -0.25) is 0 Å². The summed E-state index contributed by atoms with van der Waals surface area (Å²) >= 11 is 6.17. The monoisotopic (exact) mass is 291 g/mol. The minimum atomic E-state index is -0.520. The number of nitrogens with two attached hydrogens (primary N) is 1. The van der Waals surface area contributed by atoms with Gasteiger partial charge in [-0.1, -0.05) is 55.3 Å². The Balaban J connectivity index is 2.36. The van der Waals surface area contributed by atoms with E-state index in [9.17, 15) is 4.39 Å². The van der Waals surface area contributed by atoms with Crippen molar-refractivity contribution in [3.8, 4) is 0 Å². The van der Waals surface area contributed by atoms with Crippen LogP contribution in [-0.4, -0.2) is 0 Å². The molecule has 0 radical (unpaired) electrons. The quantitative estimate of drug-likeness (QED) is 0.851. The van der Waals surface area contributed by atoms with Crippen LogP contribution in [0, 0.1) is 5.82 Å². The molecule has 106 valence electrons. The molecular weight excluding hydrogens is 273 g/mol. The molecule has 1 unspecified atom stereocenters. The normalized spacial score (nSPS) is 14.0. The van der Waals surface area contributed by atoms with Crippen molar-refractivity contribution in [1.82, 2.24) is 0 Å². The van der Waals surface area contributed by atoms with Gasteiger partial charge in [0.1, 0.15) is 5.82 Å². The number of hydrogen-bond acceptors (Lipinski definition) is 1. The Morgan fingerprint density at radius 3 is 2.50 bits per heavy atom. The van der Waals surface area contributed by atoms with Crippen LogP contribution in [0.15, 0.2) is 48.5 Å². The second-order valence-electron chi connectivity index (χ2n) is 5.18. The first-order chi connectivity index (χ1) is 9.55. The molecule has 2 rings (SSSR count). The van der Waals surface area contributed by atoms with Crippen LogP contribution in [-0.2, 0) is 12.0 Å². The van der Waals surface area contributed by atoms with E-state index in [0.29, 0.717) is 11.4 Å². The minimum Gasteiger partial charge on any atom is -0.321 e. The van der Waals surface area contributed by atoms with Gasteiger partial charge in [-0.25, -0.2) is 4.39 Å². The van der Waals surface area contributed by atoms with Crippen molar-refractivity contribution in [2.24, 2.45) is 5.73 Å². The van der Waals surface area contributed by atoms with Crippen molar-refractivity contribution in [1.29, 1.82) is 0 Å². The summed E-state index contributed by atoms with van der Waals surface area (Å²) < 4.78 is 13.4. The molecule has 3 heteroatoms. The van der Waals surface area contributed by atoms with Gasteiger partial charge in [0.15, 0.2) is 0 Å². The fourth-order valence-electron chi connectivity index (χ4n) is 2.57. The first-order valence-corrected chi connectivity index (χ1v) is 7.21. The molecule has 0 aliphatic carbocycles. The zero-order valence-corrected chi connectivity index (χ0v) is 12.3. The van der Waals surface area contributed by atoms with Crippen molar-refractivity contribution in [2.75, 3.05) is 0 Å². The Labute approximate surface area is 124 Å². The molecule has 2 aromatic carbocycles. The summed E-state index contributed by atoms with van der Waals surface area (Å²) in [6.45, 7) is 2.09. The van der Waals surface area contributed by atoms with Gasteiger partial charge >= 0.3 is 0 Å². The molecule has 0 aromatic heterocycles. The first-order valence-electron chi connectivity index (χ1n) is 6.83. The lowest BCUT2D eigenvalue weighted by Crippen LogP contribution is -2.39. The number of hydrogen-bond donors (Lipinski definition) is 1. The van der Waals surface area contributed by atoms with Crippen molar-refractivity contribution >= 4 is 11.6 Å². The summed E-state index contributed by atoms with van der Waals surface area (Å²) in [5.41, 5.74) is 7.89. The molecule has 0 saturated carbocycles. The Kier molecular flexibility index (Phi) is 4.79. The van der Waals surface area contributed by atoms with E-state index < -0.39 is 5.54 Å². The maximum absolute atomic E-state index is 13.4. The molecule has 1 atom stereocenters. The highest BCUT2D eigenvalue weighted by molar-refractivity contribution is 6.31.